The third-order valence-corrected chi connectivity index (χ3v) is 3.02. The minimum absolute atomic E-state index is 0.815. The molecule has 0 aromatic heterocycles. The van der Waals surface area contributed by atoms with Gasteiger partial charge in [-0.1, -0.05) is 13.0 Å². The fraction of sp³-hybridized carbons (Fsp3) is 0.600. The number of hydrogen-bond acceptors (Lipinski definition) is 2. The number of rotatable bonds is 7. The lowest BCUT2D eigenvalue weighted by atomic mass is 10.1. The average molecular weight is 235 g/mol. The molecule has 1 rings (SSSR count). The van der Waals surface area contributed by atoms with Crippen molar-refractivity contribution in [1.82, 2.24) is 5.32 Å². The van der Waals surface area contributed by atoms with E-state index in [1.54, 1.807) is 0 Å². The average Bonchev–Trinajstić information content (AvgIpc) is 2.29. The van der Waals surface area contributed by atoms with E-state index in [1.807, 2.05) is 0 Å². The van der Waals surface area contributed by atoms with Gasteiger partial charge in [-0.25, -0.2) is 0 Å². The van der Waals surface area contributed by atoms with Crippen LogP contribution >= 0.6 is 0 Å². The molecule has 0 fully saturated rings. The standard InChI is InChI=1S/C15H25NO/c1-5-16-8-6-7-9-17-15-11-12(2)10-13(3)14(15)4/h10-11,16H,5-9H2,1-4H3. The van der Waals surface area contributed by atoms with Gasteiger partial charge in [-0.2, -0.15) is 0 Å². The molecule has 1 N–H and O–H groups in total. The fourth-order valence-corrected chi connectivity index (χ4v) is 1.86. The zero-order chi connectivity index (χ0) is 12.7. The molecule has 0 aliphatic heterocycles. The van der Waals surface area contributed by atoms with Gasteiger partial charge in [-0.05, 0) is 69.5 Å². The first kappa shape index (κ1) is 14.0. The first-order valence-corrected chi connectivity index (χ1v) is 6.56. The second-order valence-electron chi connectivity index (χ2n) is 4.61. The van der Waals surface area contributed by atoms with E-state index in [1.165, 1.54) is 23.1 Å². The van der Waals surface area contributed by atoms with Crippen molar-refractivity contribution in [2.75, 3.05) is 19.7 Å². The quantitative estimate of drug-likeness (QED) is 0.732. The Morgan fingerprint density at radius 3 is 2.59 bits per heavy atom. The summed E-state index contributed by atoms with van der Waals surface area (Å²) in [4.78, 5) is 0. The third-order valence-electron chi connectivity index (χ3n) is 3.02. The predicted molar refractivity (Wildman–Crippen MR) is 73.9 cm³/mol. The molecule has 17 heavy (non-hydrogen) atoms. The molecular formula is C15H25NO. The molecular weight excluding hydrogens is 210 g/mol. The Morgan fingerprint density at radius 1 is 1.12 bits per heavy atom. The minimum atomic E-state index is 0.815. The molecule has 2 heteroatoms. The fourth-order valence-electron chi connectivity index (χ4n) is 1.86. The van der Waals surface area contributed by atoms with E-state index in [2.05, 4.69) is 45.1 Å². The third kappa shape index (κ3) is 4.78. The van der Waals surface area contributed by atoms with Gasteiger partial charge < -0.3 is 10.1 Å². The smallest absolute Gasteiger partial charge is 0.122 e. The van der Waals surface area contributed by atoms with Crippen LogP contribution in [0.4, 0.5) is 0 Å². The molecule has 2 nitrogen and oxygen atoms in total. The molecule has 0 bridgehead atoms. The van der Waals surface area contributed by atoms with Gasteiger partial charge >= 0.3 is 0 Å². The Bertz CT molecular complexity index is 347. The molecule has 0 aliphatic carbocycles. The van der Waals surface area contributed by atoms with Gasteiger partial charge in [0.15, 0.2) is 0 Å². The maximum absolute atomic E-state index is 5.85. The second kappa shape index (κ2) is 7.33. The highest BCUT2D eigenvalue weighted by Crippen LogP contribution is 2.23. The summed E-state index contributed by atoms with van der Waals surface area (Å²) in [6.45, 7) is 11.5. The van der Waals surface area contributed by atoms with E-state index in [-0.39, 0.29) is 0 Å². The van der Waals surface area contributed by atoms with E-state index in [0.29, 0.717) is 0 Å². The Hall–Kier alpha value is -1.02. The predicted octanol–water partition coefficient (Wildman–Crippen LogP) is 3.38. The SMILES string of the molecule is CCNCCCCOc1cc(C)cc(C)c1C. The molecule has 0 atom stereocenters. The van der Waals surface area contributed by atoms with Crippen molar-refractivity contribution in [2.24, 2.45) is 0 Å². The maximum atomic E-state index is 5.85. The van der Waals surface area contributed by atoms with Crippen molar-refractivity contribution >= 4 is 0 Å². The highest BCUT2D eigenvalue weighted by molar-refractivity contribution is 5.41. The molecule has 0 saturated carbocycles. The highest BCUT2D eigenvalue weighted by Gasteiger charge is 2.03. The summed E-state index contributed by atoms with van der Waals surface area (Å²) < 4.78 is 5.85. The molecule has 0 spiro atoms. The minimum Gasteiger partial charge on any atom is -0.493 e. The first-order valence-electron chi connectivity index (χ1n) is 6.56. The maximum Gasteiger partial charge on any atom is 0.122 e. The van der Waals surface area contributed by atoms with Crippen LogP contribution in [0.5, 0.6) is 5.75 Å². The zero-order valence-electron chi connectivity index (χ0n) is 11.6. The monoisotopic (exact) mass is 235 g/mol. The van der Waals surface area contributed by atoms with Crippen molar-refractivity contribution in [3.63, 3.8) is 0 Å². The summed E-state index contributed by atoms with van der Waals surface area (Å²) in [5.74, 6) is 1.05. The van der Waals surface area contributed by atoms with Crippen LogP contribution in [0.1, 0.15) is 36.5 Å². The normalized spacial score (nSPS) is 10.6. The van der Waals surface area contributed by atoms with Gasteiger partial charge in [-0.3, -0.25) is 0 Å². The molecule has 0 heterocycles. The van der Waals surface area contributed by atoms with Crippen molar-refractivity contribution in [3.8, 4) is 5.75 Å². The largest absolute Gasteiger partial charge is 0.493 e. The van der Waals surface area contributed by atoms with Crippen LogP contribution < -0.4 is 10.1 Å². The molecule has 0 unspecified atom stereocenters. The van der Waals surface area contributed by atoms with Gasteiger partial charge in [0.25, 0.3) is 0 Å². The number of ether oxygens (including phenoxy) is 1. The van der Waals surface area contributed by atoms with Crippen LogP contribution in [0.3, 0.4) is 0 Å². The van der Waals surface area contributed by atoms with Crippen LogP contribution in [0.2, 0.25) is 0 Å². The van der Waals surface area contributed by atoms with Gasteiger partial charge in [0.05, 0.1) is 6.61 Å². The Labute approximate surface area is 105 Å². The number of hydrogen-bond donors (Lipinski definition) is 1. The number of unbranched alkanes of at least 4 members (excludes halogenated alkanes) is 1. The lowest BCUT2D eigenvalue weighted by Gasteiger charge is -2.12. The van der Waals surface area contributed by atoms with Crippen molar-refractivity contribution in [3.05, 3.63) is 28.8 Å². The summed E-state index contributed by atoms with van der Waals surface area (Å²) in [7, 11) is 0. The summed E-state index contributed by atoms with van der Waals surface area (Å²) in [6, 6.07) is 4.33. The van der Waals surface area contributed by atoms with Crippen molar-refractivity contribution in [1.29, 1.82) is 0 Å². The molecule has 0 saturated heterocycles. The second-order valence-corrected chi connectivity index (χ2v) is 4.61. The van der Waals surface area contributed by atoms with Crippen LogP contribution in [-0.4, -0.2) is 19.7 Å². The topological polar surface area (TPSA) is 21.3 Å². The Kier molecular flexibility index (Phi) is 6.06. The zero-order valence-corrected chi connectivity index (χ0v) is 11.6. The van der Waals surface area contributed by atoms with E-state index < -0.39 is 0 Å². The summed E-state index contributed by atoms with van der Waals surface area (Å²) in [5.41, 5.74) is 3.85. The van der Waals surface area contributed by atoms with Crippen LogP contribution in [0.15, 0.2) is 12.1 Å². The van der Waals surface area contributed by atoms with E-state index in [0.717, 1.165) is 31.9 Å². The number of nitrogens with one attached hydrogen (secondary N) is 1. The van der Waals surface area contributed by atoms with Crippen molar-refractivity contribution < 1.29 is 4.74 Å². The van der Waals surface area contributed by atoms with Crippen LogP contribution in [0, 0.1) is 20.8 Å². The molecule has 1 aromatic carbocycles. The van der Waals surface area contributed by atoms with Gasteiger partial charge in [0.2, 0.25) is 0 Å². The lowest BCUT2D eigenvalue weighted by Crippen LogP contribution is -2.14. The Morgan fingerprint density at radius 2 is 1.88 bits per heavy atom. The van der Waals surface area contributed by atoms with Gasteiger partial charge in [0.1, 0.15) is 5.75 Å². The number of aryl methyl sites for hydroxylation is 2. The summed E-state index contributed by atoms with van der Waals surface area (Å²) >= 11 is 0. The Balaban J connectivity index is 2.36. The lowest BCUT2D eigenvalue weighted by molar-refractivity contribution is 0.303. The van der Waals surface area contributed by atoms with Crippen LogP contribution in [0.25, 0.3) is 0 Å². The van der Waals surface area contributed by atoms with Gasteiger partial charge in [-0.15, -0.1) is 0 Å². The highest BCUT2D eigenvalue weighted by atomic mass is 16.5. The van der Waals surface area contributed by atoms with E-state index in [9.17, 15) is 0 Å². The van der Waals surface area contributed by atoms with E-state index >= 15 is 0 Å². The molecule has 1 aromatic rings. The first-order chi connectivity index (χ1) is 8.15. The molecule has 96 valence electrons. The molecule has 0 amide bonds. The summed E-state index contributed by atoms with van der Waals surface area (Å²) in [6.07, 6.45) is 2.29. The molecule has 0 aliphatic rings. The molecule has 0 radical (unpaired) electrons. The summed E-state index contributed by atoms with van der Waals surface area (Å²) in [5, 5.41) is 3.32. The van der Waals surface area contributed by atoms with E-state index in [4.69, 9.17) is 4.74 Å². The van der Waals surface area contributed by atoms with Gasteiger partial charge in [0, 0.05) is 0 Å². The van der Waals surface area contributed by atoms with Crippen molar-refractivity contribution in [2.45, 2.75) is 40.5 Å². The number of benzene rings is 1. The van der Waals surface area contributed by atoms with Crippen LogP contribution in [-0.2, 0) is 0 Å².